The molecular formula is C28H41NO8. The molecule has 1 heterocycles. The standard InChI is InChI=1S/C28H41NO8/c1-15-11-19-26(33)20(14-21(30)27(19)37-7)29-28(34)16(2)9-8-10-22(35-5)24(31)17(3)13-18(4)25(32)23(12-15)36-6/h9,13-15,18,22-25,31-32H,8,10-12H2,1-7H3,(H,29,34). The number of aliphatic hydroxyl groups is 2. The quantitative estimate of drug-likeness (QED) is 0.383. The fraction of sp³-hybridized carbons (Fsp3) is 0.607. The summed E-state index contributed by atoms with van der Waals surface area (Å²) in [6, 6.07) is 0. The third-order valence-electron chi connectivity index (χ3n) is 7.06. The Morgan fingerprint density at radius 2 is 1.65 bits per heavy atom. The van der Waals surface area contributed by atoms with Crippen molar-refractivity contribution in [1.82, 2.24) is 5.32 Å². The van der Waals surface area contributed by atoms with Gasteiger partial charge in [-0.15, -0.1) is 0 Å². The number of nitrogens with one attached hydrogen (secondary N) is 1. The molecule has 37 heavy (non-hydrogen) atoms. The minimum Gasteiger partial charge on any atom is -0.492 e. The van der Waals surface area contributed by atoms with Gasteiger partial charge in [-0.3, -0.25) is 14.4 Å². The average molecular weight is 520 g/mol. The number of carbonyl (C=O) groups is 3. The molecule has 2 bridgehead atoms. The van der Waals surface area contributed by atoms with E-state index >= 15 is 0 Å². The highest BCUT2D eigenvalue weighted by molar-refractivity contribution is 6.23. The van der Waals surface area contributed by atoms with E-state index in [1.54, 1.807) is 19.9 Å². The van der Waals surface area contributed by atoms with Crippen molar-refractivity contribution in [1.29, 1.82) is 0 Å². The molecule has 3 N–H and O–H groups in total. The molecule has 9 nitrogen and oxygen atoms in total. The van der Waals surface area contributed by atoms with Gasteiger partial charge in [-0.25, -0.2) is 0 Å². The lowest BCUT2D eigenvalue weighted by molar-refractivity contribution is -0.120. The number of methoxy groups -OCH3 is 3. The Bertz CT molecular complexity index is 992. The third kappa shape index (κ3) is 7.70. The van der Waals surface area contributed by atoms with Crippen LogP contribution in [0.2, 0.25) is 0 Å². The molecular weight excluding hydrogens is 478 g/mol. The Hall–Kier alpha value is -2.59. The van der Waals surface area contributed by atoms with Gasteiger partial charge in [-0.05, 0) is 51.0 Å². The molecule has 2 aliphatic rings. The molecule has 1 amide bonds. The number of ketones is 2. The number of hydrogen-bond acceptors (Lipinski definition) is 8. The van der Waals surface area contributed by atoms with E-state index in [0.29, 0.717) is 30.4 Å². The first-order chi connectivity index (χ1) is 17.4. The van der Waals surface area contributed by atoms with Gasteiger partial charge >= 0.3 is 0 Å². The molecule has 0 saturated heterocycles. The molecule has 0 spiro atoms. The van der Waals surface area contributed by atoms with Crippen molar-refractivity contribution in [2.24, 2.45) is 11.8 Å². The number of allylic oxidation sites excluding steroid dienone is 3. The van der Waals surface area contributed by atoms with Gasteiger partial charge in [0.05, 0.1) is 31.1 Å². The normalized spacial score (nSPS) is 31.4. The van der Waals surface area contributed by atoms with Crippen molar-refractivity contribution in [3.05, 3.63) is 46.4 Å². The Labute approximate surface area is 219 Å². The first kappa shape index (κ1) is 30.6. The van der Waals surface area contributed by atoms with Gasteiger partial charge in [0.2, 0.25) is 11.6 Å². The van der Waals surface area contributed by atoms with Gasteiger partial charge < -0.3 is 29.7 Å². The molecule has 0 aromatic heterocycles. The van der Waals surface area contributed by atoms with Gasteiger partial charge in [0.25, 0.3) is 5.91 Å². The fourth-order valence-electron chi connectivity index (χ4n) is 4.81. The fourth-order valence-corrected chi connectivity index (χ4v) is 4.81. The maximum atomic E-state index is 13.3. The van der Waals surface area contributed by atoms with Crippen molar-refractivity contribution in [3.8, 4) is 0 Å². The summed E-state index contributed by atoms with van der Waals surface area (Å²) in [6.45, 7) is 7.14. The number of aliphatic hydroxyl groups excluding tert-OH is 2. The van der Waals surface area contributed by atoms with E-state index in [0.717, 1.165) is 6.08 Å². The molecule has 206 valence electrons. The molecule has 2 rings (SSSR count). The van der Waals surface area contributed by atoms with Crippen LogP contribution in [0.3, 0.4) is 0 Å². The predicted octanol–water partition coefficient (Wildman–Crippen LogP) is 2.53. The summed E-state index contributed by atoms with van der Waals surface area (Å²) in [6.07, 6.45) is 3.21. The zero-order valence-electron chi connectivity index (χ0n) is 22.9. The van der Waals surface area contributed by atoms with Gasteiger partial charge in [0.15, 0.2) is 5.76 Å². The number of carbonyl (C=O) groups excluding carboxylic acids is 3. The van der Waals surface area contributed by atoms with Crippen LogP contribution in [0.4, 0.5) is 0 Å². The summed E-state index contributed by atoms with van der Waals surface area (Å²) < 4.78 is 16.3. The Kier molecular flexibility index (Phi) is 11.4. The first-order valence-corrected chi connectivity index (χ1v) is 12.6. The molecule has 0 aromatic rings. The Morgan fingerprint density at radius 3 is 2.24 bits per heavy atom. The SMILES string of the molecule is COC1=C2CC(C)CC(OC)C(O)C(C)C=C(C)C(O)C(OC)CCC=C(C)C(=O)NC(=CC1=O)C2=O. The monoisotopic (exact) mass is 519 g/mol. The van der Waals surface area contributed by atoms with Gasteiger partial charge in [-0.1, -0.05) is 26.0 Å². The number of fused-ring (bicyclic) bond motifs is 2. The van der Waals surface area contributed by atoms with Gasteiger partial charge in [0.1, 0.15) is 6.10 Å². The molecule has 6 unspecified atom stereocenters. The lowest BCUT2D eigenvalue weighted by Gasteiger charge is -2.29. The summed E-state index contributed by atoms with van der Waals surface area (Å²) in [5, 5.41) is 24.5. The Balaban J connectivity index is 2.48. The van der Waals surface area contributed by atoms with Crippen LogP contribution in [0.1, 0.15) is 53.4 Å². The highest BCUT2D eigenvalue weighted by atomic mass is 16.5. The molecule has 9 heteroatoms. The van der Waals surface area contributed by atoms with Crippen LogP contribution < -0.4 is 5.32 Å². The number of rotatable bonds is 3. The van der Waals surface area contributed by atoms with E-state index in [9.17, 15) is 24.6 Å². The first-order valence-electron chi connectivity index (χ1n) is 12.6. The van der Waals surface area contributed by atoms with Crippen LogP contribution in [0.5, 0.6) is 0 Å². The van der Waals surface area contributed by atoms with Crippen LogP contribution in [0.25, 0.3) is 0 Å². The highest BCUT2D eigenvalue weighted by Crippen LogP contribution is 2.29. The summed E-state index contributed by atoms with van der Waals surface area (Å²) in [5.41, 5.74) is 1.10. The molecule has 0 saturated carbocycles. The zero-order chi connectivity index (χ0) is 27.9. The smallest absolute Gasteiger partial charge is 0.251 e. The van der Waals surface area contributed by atoms with E-state index in [2.05, 4.69) is 5.32 Å². The maximum Gasteiger partial charge on any atom is 0.251 e. The zero-order valence-corrected chi connectivity index (χ0v) is 22.9. The van der Waals surface area contributed by atoms with E-state index in [-0.39, 0.29) is 35.3 Å². The second-order valence-electron chi connectivity index (χ2n) is 9.98. The predicted molar refractivity (Wildman–Crippen MR) is 138 cm³/mol. The summed E-state index contributed by atoms with van der Waals surface area (Å²) in [5.74, 6) is -2.03. The molecule has 0 aromatic carbocycles. The van der Waals surface area contributed by atoms with E-state index in [4.69, 9.17) is 14.2 Å². The minimum atomic E-state index is -0.892. The Morgan fingerprint density at radius 1 is 1.00 bits per heavy atom. The van der Waals surface area contributed by atoms with Crippen molar-refractivity contribution in [3.63, 3.8) is 0 Å². The third-order valence-corrected chi connectivity index (χ3v) is 7.06. The number of Topliss-reactive ketones (excluding diaryl/α,β-unsaturated/α-hetero) is 1. The molecule has 1 aliphatic carbocycles. The van der Waals surface area contributed by atoms with E-state index in [1.807, 2.05) is 19.9 Å². The van der Waals surface area contributed by atoms with Crippen LogP contribution in [0, 0.1) is 11.8 Å². The number of amides is 1. The topological polar surface area (TPSA) is 131 Å². The molecule has 0 radical (unpaired) electrons. The second kappa shape index (κ2) is 13.8. The van der Waals surface area contributed by atoms with Crippen LogP contribution in [-0.4, -0.2) is 73.4 Å². The summed E-state index contributed by atoms with van der Waals surface area (Å²) in [4.78, 5) is 38.8. The molecule has 1 aliphatic heterocycles. The van der Waals surface area contributed by atoms with Crippen LogP contribution in [-0.2, 0) is 28.6 Å². The molecule has 0 fully saturated rings. The van der Waals surface area contributed by atoms with E-state index in [1.165, 1.54) is 21.3 Å². The summed E-state index contributed by atoms with van der Waals surface area (Å²) >= 11 is 0. The second-order valence-corrected chi connectivity index (χ2v) is 9.98. The summed E-state index contributed by atoms with van der Waals surface area (Å²) in [7, 11) is 4.35. The van der Waals surface area contributed by atoms with Gasteiger partial charge in [-0.2, -0.15) is 0 Å². The van der Waals surface area contributed by atoms with Gasteiger partial charge in [0, 0.05) is 37.4 Å². The van der Waals surface area contributed by atoms with E-state index < -0.39 is 41.9 Å². The van der Waals surface area contributed by atoms with Crippen molar-refractivity contribution < 1.29 is 38.8 Å². The minimum absolute atomic E-state index is 0.0472. The van der Waals surface area contributed by atoms with Crippen LogP contribution >= 0.6 is 0 Å². The van der Waals surface area contributed by atoms with Crippen molar-refractivity contribution in [2.45, 2.75) is 77.8 Å². The number of ether oxygens (including phenoxy) is 3. The number of hydrogen-bond donors (Lipinski definition) is 3. The largest absolute Gasteiger partial charge is 0.492 e. The van der Waals surface area contributed by atoms with Crippen molar-refractivity contribution in [2.75, 3.05) is 21.3 Å². The lowest BCUT2D eigenvalue weighted by Crippen LogP contribution is -2.36. The molecule has 6 atom stereocenters. The average Bonchev–Trinajstić information content (AvgIpc) is 2.86. The maximum absolute atomic E-state index is 13.3. The van der Waals surface area contributed by atoms with Crippen molar-refractivity contribution >= 4 is 17.5 Å². The van der Waals surface area contributed by atoms with Crippen LogP contribution in [0.15, 0.2) is 46.4 Å². The highest BCUT2D eigenvalue weighted by Gasteiger charge is 2.33. The lowest BCUT2D eigenvalue weighted by atomic mass is 9.85.